The fourth-order valence-electron chi connectivity index (χ4n) is 3.52. The lowest BCUT2D eigenvalue weighted by Crippen LogP contribution is -2.46. The van der Waals surface area contributed by atoms with Crippen LogP contribution in [0, 0.1) is 5.41 Å². The summed E-state index contributed by atoms with van der Waals surface area (Å²) in [5, 5.41) is 7.81. The maximum Gasteiger partial charge on any atom is 0.122 e. The van der Waals surface area contributed by atoms with Gasteiger partial charge in [0.15, 0.2) is 0 Å². The largest absolute Gasteiger partial charge is 0.384 e. The van der Waals surface area contributed by atoms with E-state index in [9.17, 15) is 0 Å². The first-order valence-corrected chi connectivity index (χ1v) is 9.70. The SMILES string of the molecule is CCC(N(CC)CC)N1c2ccccc2Sc2ccc(C(=N)N)cc21. The van der Waals surface area contributed by atoms with Crippen LogP contribution in [0.4, 0.5) is 11.4 Å². The highest BCUT2D eigenvalue weighted by Crippen LogP contribution is 2.49. The van der Waals surface area contributed by atoms with E-state index in [1.807, 2.05) is 6.07 Å². The van der Waals surface area contributed by atoms with E-state index in [0.717, 1.165) is 30.8 Å². The van der Waals surface area contributed by atoms with Crippen LogP contribution in [0.5, 0.6) is 0 Å². The molecule has 1 heterocycles. The fourth-order valence-corrected chi connectivity index (χ4v) is 4.57. The summed E-state index contributed by atoms with van der Waals surface area (Å²) in [6.45, 7) is 8.67. The second-order valence-corrected chi connectivity index (χ2v) is 7.23. The fraction of sp³-hybridized carbons (Fsp3) is 0.350. The van der Waals surface area contributed by atoms with Crippen molar-refractivity contribution in [1.29, 1.82) is 5.41 Å². The van der Waals surface area contributed by atoms with Gasteiger partial charge in [-0.1, -0.05) is 50.7 Å². The standard InChI is InChI=1S/C20H26N4S/c1-4-19(23(5-2)6-3)24-15-9-7-8-10-17(15)25-18-12-11-14(20(21)22)13-16(18)24/h7-13,19H,4-6H2,1-3H3,(H3,21,22). The van der Waals surface area contributed by atoms with Crippen LogP contribution in [0.25, 0.3) is 0 Å². The Morgan fingerprint density at radius 2 is 1.76 bits per heavy atom. The number of nitrogens with two attached hydrogens (primary N) is 1. The van der Waals surface area contributed by atoms with Gasteiger partial charge in [-0.15, -0.1) is 0 Å². The molecule has 25 heavy (non-hydrogen) atoms. The second-order valence-electron chi connectivity index (χ2n) is 6.15. The number of nitrogens with one attached hydrogen (secondary N) is 1. The number of amidine groups is 1. The van der Waals surface area contributed by atoms with Crippen molar-refractivity contribution in [3.8, 4) is 0 Å². The van der Waals surface area contributed by atoms with Crippen LogP contribution in [0.2, 0.25) is 0 Å². The van der Waals surface area contributed by atoms with Gasteiger partial charge in [0, 0.05) is 15.4 Å². The van der Waals surface area contributed by atoms with Gasteiger partial charge in [0.2, 0.25) is 0 Å². The number of nitrogen functional groups attached to an aromatic ring is 1. The number of anilines is 2. The maximum absolute atomic E-state index is 7.81. The van der Waals surface area contributed by atoms with Crippen LogP contribution >= 0.6 is 11.8 Å². The highest BCUT2D eigenvalue weighted by Gasteiger charge is 2.31. The normalized spacial score (nSPS) is 14.2. The first-order chi connectivity index (χ1) is 12.1. The zero-order chi connectivity index (χ0) is 18.0. The molecule has 5 heteroatoms. The van der Waals surface area contributed by atoms with E-state index >= 15 is 0 Å². The predicted octanol–water partition coefficient (Wildman–Crippen LogP) is 4.65. The van der Waals surface area contributed by atoms with E-state index in [-0.39, 0.29) is 12.0 Å². The Labute approximate surface area is 154 Å². The maximum atomic E-state index is 7.81. The van der Waals surface area contributed by atoms with Crippen LogP contribution in [-0.2, 0) is 0 Å². The van der Waals surface area contributed by atoms with Crippen molar-refractivity contribution in [3.05, 3.63) is 48.0 Å². The van der Waals surface area contributed by atoms with Crippen molar-refractivity contribution in [2.24, 2.45) is 5.73 Å². The third-order valence-corrected chi connectivity index (χ3v) is 5.90. The summed E-state index contributed by atoms with van der Waals surface area (Å²) in [6.07, 6.45) is 1.29. The molecule has 1 atom stereocenters. The van der Waals surface area contributed by atoms with Gasteiger partial charge >= 0.3 is 0 Å². The summed E-state index contributed by atoms with van der Waals surface area (Å²) in [4.78, 5) is 7.41. The van der Waals surface area contributed by atoms with Gasteiger partial charge in [0.25, 0.3) is 0 Å². The summed E-state index contributed by atoms with van der Waals surface area (Å²) < 4.78 is 0. The van der Waals surface area contributed by atoms with Crippen LogP contribution in [0.15, 0.2) is 52.3 Å². The van der Waals surface area contributed by atoms with Crippen LogP contribution in [0.3, 0.4) is 0 Å². The minimum atomic E-state index is 0.113. The summed E-state index contributed by atoms with van der Waals surface area (Å²) in [6, 6.07) is 14.7. The number of para-hydroxylation sites is 1. The molecule has 2 aromatic rings. The van der Waals surface area contributed by atoms with Crippen molar-refractivity contribution in [3.63, 3.8) is 0 Å². The van der Waals surface area contributed by atoms with Gasteiger partial charge in [-0.2, -0.15) is 0 Å². The predicted molar refractivity (Wildman–Crippen MR) is 107 cm³/mol. The Bertz CT molecular complexity index is 770. The van der Waals surface area contributed by atoms with Gasteiger partial charge in [-0.25, -0.2) is 0 Å². The smallest absolute Gasteiger partial charge is 0.122 e. The number of hydrogen-bond acceptors (Lipinski definition) is 4. The minimum absolute atomic E-state index is 0.113. The summed E-state index contributed by atoms with van der Waals surface area (Å²) in [7, 11) is 0. The third kappa shape index (κ3) is 3.26. The average Bonchev–Trinajstić information content (AvgIpc) is 2.64. The molecule has 1 unspecified atom stereocenters. The van der Waals surface area contributed by atoms with E-state index in [1.165, 1.54) is 15.5 Å². The van der Waals surface area contributed by atoms with Gasteiger partial charge < -0.3 is 10.6 Å². The molecule has 132 valence electrons. The van der Waals surface area contributed by atoms with Gasteiger partial charge in [-0.3, -0.25) is 10.3 Å². The number of nitrogens with zero attached hydrogens (tertiary/aromatic N) is 2. The number of rotatable bonds is 6. The molecule has 0 fully saturated rings. The monoisotopic (exact) mass is 354 g/mol. The summed E-state index contributed by atoms with van der Waals surface area (Å²) in [5.41, 5.74) is 8.92. The van der Waals surface area contributed by atoms with Crippen LogP contribution < -0.4 is 10.6 Å². The zero-order valence-electron chi connectivity index (χ0n) is 15.1. The third-order valence-electron chi connectivity index (χ3n) is 4.77. The van der Waals surface area contributed by atoms with Gasteiger partial charge in [0.1, 0.15) is 5.84 Å². The lowest BCUT2D eigenvalue weighted by molar-refractivity contribution is 0.213. The number of fused-ring (bicyclic) bond motifs is 2. The number of benzene rings is 2. The molecule has 4 nitrogen and oxygen atoms in total. The quantitative estimate of drug-likeness (QED) is 0.585. The Kier molecular flexibility index (Phi) is 5.35. The van der Waals surface area contributed by atoms with Crippen molar-refractivity contribution in [2.45, 2.75) is 43.1 Å². The molecule has 1 aliphatic heterocycles. The molecule has 2 aromatic carbocycles. The first kappa shape index (κ1) is 17.8. The van der Waals surface area contributed by atoms with Crippen molar-refractivity contribution < 1.29 is 0 Å². The van der Waals surface area contributed by atoms with Crippen LogP contribution in [-0.4, -0.2) is 30.0 Å². The molecule has 0 saturated heterocycles. The topological polar surface area (TPSA) is 56.4 Å². The molecule has 0 aromatic heterocycles. The van der Waals surface area contributed by atoms with Crippen LogP contribution in [0.1, 0.15) is 32.8 Å². The Hall–Kier alpha value is -1.98. The molecule has 0 aliphatic carbocycles. The molecule has 0 radical (unpaired) electrons. The lowest BCUT2D eigenvalue weighted by Gasteiger charge is -2.43. The first-order valence-electron chi connectivity index (χ1n) is 8.89. The van der Waals surface area contributed by atoms with Gasteiger partial charge in [0.05, 0.1) is 17.5 Å². The summed E-state index contributed by atoms with van der Waals surface area (Å²) >= 11 is 1.79. The number of hydrogen-bond donors (Lipinski definition) is 2. The molecular formula is C20H26N4S. The van der Waals surface area contributed by atoms with Crippen molar-refractivity contribution >= 4 is 29.0 Å². The molecule has 3 rings (SSSR count). The minimum Gasteiger partial charge on any atom is -0.384 e. The van der Waals surface area contributed by atoms with E-state index in [0.29, 0.717) is 0 Å². The molecule has 0 spiro atoms. The molecule has 1 aliphatic rings. The lowest BCUT2D eigenvalue weighted by atomic mass is 10.1. The van der Waals surface area contributed by atoms with Gasteiger partial charge in [-0.05, 0) is 43.8 Å². The highest BCUT2D eigenvalue weighted by molar-refractivity contribution is 7.99. The van der Waals surface area contributed by atoms with E-state index < -0.39 is 0 Å². The zero-order valence-corrected chi connectivity index (χ0v) is 15.9. The van der Waals surface area contributed by atoms with E-state index in [2.05, 4.69) is 67.0 Å². The summed E-state index contributed by atoms with van der Waals surface area (Å²) in [5.74, 6) is 0.113. The van der Waals surface area contributed by atoms with Crippen molar-refractivity contribution in [1.82, 2.24) is 4.90 Å². The Morgan fingerprint density at radius 1 is 1.08 bits per heavy atom. The van der Waals surface area contributed by atoms with E-state index in [4.69, 9.17) is 11.1 Å². The molecule has 0 amide bonds. The van der Waals surface area contributed by atoms with Crippen molar-refractivity contribution in [2.75, 3.05) is 18.0 Å². The Balaban J connectivity index is 2.18. The second kappa shape index (κ2) is 7.50. The molecule has 3 N–H and O–H groups in total. The molecule has 0 saturated carbocycles. The molecule has 0 bridgehead atoms. The highest BCUT2D eigenvalue weighted by atomic mass is 32.2. The van der Waals surface area contributed by atoms with E-state index in [1.54, 1.807) is 11.8 Å². The molecular weight excluding hydrogens is 328 g/mol. The average molecular weight is 355 g/mol. The Morgan fingerprint density at radius 3 is 2.40 bits per heavy atom.